The summed E-state index contributed by atoms with van der Waals surface area (Å²) >= 11 is 0. The topological polar surface area (TPSA) is 27.3 Å². The van der Waals surface area contributed by atoms with E-state index in [0.29, 0.717) is 5.92 Å². The second-order valence-electron chi connectivity index (χ2n) is 18.5. The van der Waals surface area contributed by atoms with Crippen LogP contribution < -0.4 is 26.0 Å². The Morgan fingerprint density at radius 1 is 0.621 bits per heavy atom. The zero-order chi connectivity index (χ0) is 44.0. The molecule has 0 spiro atoms. The van der Waals surface area contributed by atoms with Crippen LogP contribution in [0.3, 0.4) is 0 Å². The molecule has 3 nitrogen and oxygen atoms in total. The number of hydrogen-bond donors (Lipinski definition) is 2. The lowest BCUT2D eigenvalue weighted by atomic mass is 9.82. The van der Waals surface area contributed by atoms with E-state index < -0.39 is 0 Å². The first-order valence-electron chi connectivity index (χ1n) is 24.2. The normalized spacial score (nSPS) is 19.9. The summed E-state index contributed by atoms with van der Waals surface area (Å²) in [6.07, 6.45) is 18.2. The summed E-state index contributed by atoms with van der Waals surface area (Å²) in [5, 5.41) is 13.2. The van der Waals surface area contributed by atoms with Crippen molar-refractivity contribution in [1.29, 1.82) is 0 Å². The first kappa shape index (κ1) is 40.3. The molecule has 2 N–H and O–H groups in total. The van der Waals surface area contributed by atoms with Crippen LogP contribution in [0.4, 0.5) is 17.1 Å². The molecule has 0 bridgehead atoms. The van der Waals surface area contributed by atoms with Gasteiger partial charge in [0.05, 0.1) is 6.04 Å². The van der Waals surface area contributed by atoms with E-state index in [2.05, 4.69) is 223 Å². The highest BCUT2D eigenvalue weighted by Crippen LogP contribution is 2.43. The Bertz CT molecular complexity index is 3320. The second kappa shape index (κ2) is 17.3. The van der Waals surface area contributed by atoms with Crippen LogP contribution in [0.25, 0.3) is 44.7 Å². The fraction of sp³-hybridized carbons (Fsp3) is 0.175. The molecule has 2 aliphatic carbocycles. The Balaban J connectivity index is 0.889. The van der Waals surface area contributed by atoms with E-state index >= 15 is 0 Å². The minimum atomic E-state index is -0.0951. The van der Waals surface area contributed by atoms with E-state index in [9.17, 15) is 0 Å². The molecule has 322 valence electrons. The summed E-state index contributed by atoms with van der Waals surface area (Å²) in [5.41, 5.74) is 19.8. The molecule has 3 unspecified atom stereocenters. The van der Waals surface area contributed by atoms with E-state index in [4.69, 9.17) is 0 Å². The van der Waals surface area contributed by atoms with Gasteiger partial charge >= 0.3 is 0 Å². The lowest BCUT2D eigenvalue weighted by Crippen LogP contribution is -2.37. The van der Waals surface area contributed by atoms with Gasteiger partial charge in [-0.2, -0.15) is 0 Å². The second-order valence-corrected chi connectivity index (χ2v) is 18.5. The average Bonchev–Trinajstić information content (AvgIpc) is 3.39. The van der Waals surface area contributed by atoms with Crippen LogP contribution in [0, 0.1) is 0 Å². The molecule has 0 aromatic heterocycles. The van der Waals surface area contributed by atoms with Gasteiger partial charge in [0.2, 0.25) is 0 Å². The van der Waals surface area contributed by atoms with Crippen LogP contribution in [0.5, 0.6) is 0 Å². The third kappa shape index (κ3) is 7.38. The Morgan fingerprint density at radius 3 is 2.26 bits per heavy atom. The van der Waals surface area contributed by atoms with Gasteiger partial charge in [-0.05, 0) is 151 Å². The fourth-order valence-corrected chi connectivity index (χ4v) is 11.4. The smallest absolute Gasteiger partial charge is 0.105 e. The summed E-state index contributed by atoms with van der Waals surface area (Å²) in [5.74, 6) is 0.370. The molecule has 0 saturated carbocycles. The number of anilines is 3. The van der Waals surface area contributed by atoms with Gasteiger partial charge < -0.3 is 10.2 Å². The molecule has 8 aromatic rings. The predicted molar refractivity (Wildman–Crippen MR) is 278 cm³/mol. The van der Waals surface area contributed by atoms with Gasteiger partial charge in [0.1, 0.15) is 6.17 Å². The number of aryl methyl sites for hydroxylation is 1. The van der Waals surface area contributed by atoms with Crippen molar-refractivity contribution in [3.8, 4) is 22.3 Å². The van der Waals surface area contributed by atoms with Crippen molar-refractivity contribution in [3.63, 3.8) is 0 Å². The Kier molecular flexibility index (Phi) is 10.6. The molecule has 2 heterocycles. The van der Waals surface area contributed by atoms with Gasteiger partial charge in [0.15, 0.2) is 0 Å². The number of para-hydroxylation sites is 1. The standard InChI is InChI=1S/C63H55N3/c1-2-53-54-23-11-9-21-46(54)36-37-66(60-35-32-45-20-10-12-24-56(45)61(53)60)52-33-34-55-48(41-52)22-15-26-57(55)63-64-59-27-14-13-25-58(59)62(65-63)47-30-28-44(29-31-47)51-39-49(42-16-5-3-6-17-42)38-50(40-51)43-18-7-4-8-19-43/h3-9,11,13-18,21-23,25-36,38-41,43,62-65H,2,10,12,19-20,24,37H2,1H3/b46-36-,54-53+. The summed E-state index contributed by atoms with van der Waals surface area (Å²) in [7, 11) is 0. The van der Waals surface area contributed by atoms with Crippen molar-refractivity contribution >= 4 is 39.5 Å². The van der Waals surface area contributed by atoms with Crippen LogP contribution >= 0.6 is 0 Å². The first-order chi connectivity index (χ1) is 32.7. The van der Waals surface area contributed by atoms with E-state index in [1.807, 2.05) is 0 Å². The fourth-order valence-electron chi connectivity index (χ4n) is 11.4. The molecular formula is C63H55N3. The Morgan fingerprint density at radius 2 is 1.41 bits per heavy atom. The highest BCUT2D eigenvalue weighted by atomic mass is 15.2. The van der Waals surface area contributed by atoms with Gasteiger partial charge in [-0.3, -0.25) is 5.32 Å². The van der Waals surface area contributed by atoms with E-state index in [1.54, 1.807) is 5.56 Å². The third-order valence-corrected chi connectivity index (χ3v) is 14.7. The minimum Gasteiger partial charge on any atom is -0.366 e. The van der Waals surface area contributed by atoms with Crippen LogP contribution in [0.1, 0.15) is 89.7 Å². The molecule has 2 aliphatic heterocycles. The molecule has 3 atom stereocenters. The van der Waals surface area contributed by atoms with Crippen LogP contribution in [-0.4, -0.2) is 6.54 Å². The molecule has 4 aliphatic rings. The van der Waals surface area contributed by atoms with Gasteiger partial charge in [-0.25, -0.2) is 0 Å². The lowest BCUT2D eigenvalue weighted by molar-refractivity contribution is 0.508. The summed E-state index contributed by atoms with van der Waals surface area (Å²) < 4.78 is 0. The van der Waals surface area contributed by atoms with Crippen LogP contribution in [0.2, 0.25) is 0 Å². The van der Waals surface area contributed by atoms with Crippen LogP contribution in [0.15, 0.2) is 194 Å². The van der Waals surface area contributed by atoms with Gasteiger partial charge in [0.25, 0.3) is 0 Å². The minimum absolute atomic E-state index is 0.00676. The average molecular weight is 854 g/mol. The van der Waals surface area contributed by atoms with Crippen molar-refractivity contribution in [2.75, 3.05) is 16.8 Å². The molecule has 8 aromatic carbocycles. The van der Waals surface area contributed by atoms with Crippen molar-refractivity contribution in [2.45, 2.75) is 63.6 Å². The number of nitrogens with zero attached hydrogens (tertiary/aromatic N) is 1. The number of hydrogen-bond acceptors (Lipinski definition) is 3. The maximum atomic E-state index is 4.09. The summed E-state index contributed by atoms with van der Waals surface area (Å²) in [6, 6.07) is 63.8. The van der Waals surface area contributed by atoms with Gasteiger partial charge in [-0.1, -0.05) is 177 Å². The lowest BCUT2D eigenvalue weighted by Gasteiger charge is -2.36. The molecule has 0 amide bonds. The molecule has 0 fully saturated rings. The molecular weight excluding hydrogens is 799 g/mol. The maximum Gasteiger partial charge on any atom is 0.105 e. The molecule has 12 rings (SSSR count). The van der Waals surface area contributed by atoms with E-state index in [0.717, 1.165) is 31.5 Å². The zero-order valence-electron chi connectivity index (χ0n) is 37.7. The van der Waals surface area contributed by atoms with E-state index in [1.165, 1.54) is 113 Å². The maximum absolute atomic E-state index is 4.09. The first-order valence-corrected chi connectivity index (χ1v) is 24.2. The SMILES string of the molecule is CC/C1=c2/cccc/c2=C/CN(c2ccc3c(C4Nc5ccccc5C(c5ccc(-c6cc(-c7ccccc7)cc(C7C=CC=CC7)c6)cc5)N4)cccc3c2)c2ccc3c(c21)CCCC3. The third-order valence-electron chi connectivity index (χ3n) is 14.7. The van der Waals surface area contributed by atoms with E-state index in [-0.39, 0.29) is 12.2 Å². The van der Waals surface area contributed by atoms with Crippen molar-refractivity contribution in [3.05, 3.63) is 244 Å². The number of rotatable bonds is 7. The number of benzene rings is 8. The number of fused-ring (bicyclic) bond motifs is 6. The quantitative estimate of drug-likeness (QED) is 0.167. The van der Waals surface area contributed by atoms with Crippen molar-refractivity contribution in [1.82, 2.24) is 5.32 Å². The van der Waals surface area contributed by atoms with Gasteiger partial charge in [-0.15, -0.1) is 0 Å². The Labute approximate surface area is 389 Å². The molecule has 3 heteroatoms. The zero-order valence-corrected chi connectivity index (χ0v) is 37.7. The van der Waals surface area contributed by atoms with Crippen molar-refractivity contribution < 1.29 is 0 Å². The van der Waals surface area contributed by atoms with Crippen LogP contribution in [-0.2, 0) is 12.8 Å². The Hall–Kier alpha value is -7.20. The highest BCUT2D eigenvalue weighted by Gasteiger charge is 2.30. The summed E-state index contributed by atoms with van der Waals surface area (Å²) in [4.78, 5) is 2.57. The summed E-state index contributed by atoms with van der Waals surface area (Å²) in [6.45, 7) is 3.14. The monoisotopic (exact) mass is 853 g/mol. The molecule has 0 radical (unpaired) electrons. The molecule has 66 heavy (non-hydrogen) atoms. The number of allylic oxidation sites excluding steroid dienone is 4. The molecule has 0 saturated heterocycles. The largest absolute Gasteiger partial charge is 0.366 e. The van der Waals surface area contributed by atoms with Crippen molar-refractivity contribution in [2.24, 2.45) is 0 Å². The highest BCUT2D eigenvalue weighted by molar-refractivity contribution is 5.92. The van der Waals surface area contributed by atoms with Gasteiger partial charge in [0, 0.05) is 35.1 Å². The predicted octanol–water partition coefficient (Wildman–Crippen LogP) is 14.0. The number of nitrogens with one attached hydrogen (secondary N) is 2.